The molecular weight excluding hydrogens is 278 g/mol. The summed E-state index contributed by atoms with van der Waals surface area (Å²) in [7, 11) is 6.05. The molecule has 2 heterocycles. The molecule has 1 saturated heterocycles. The normalized spacial score (nSPS) is 23.6. The molecule has 1 aromatic rings. The Kier molecular flexibility index (Phi) is 4.25. The van der Waals surface area contributed by atoms with Crippen molar-refractivity contribution in [1.29, 1.82) is 0 Å². The third-order valence-corrected chi connectivity index (χ3v) is 4.73. The summed E-state index contributed by atoms with van der Waals surface area (Å²) in [6, 6.07) is 6.81. The Labute approximate surface area is 132 Å². The summed E-state index contributed by atoms with van der Waals surface area (Å²) < 4.78 is 5.10. The van der Waals surface area contributed by atoms with Gasteiger partial charge in [0.15, 0.2) is 0 Å². The average molecular weight is 303 g/mol. The van der Waals surface area contributed by atoms with Crippen LogP contribution in [0.2, 0.25) is 0 Å². The maximum absolute atomic E-state index is 11.5. The zero-order chi connectivity index (χ0) is 15.7. The Morgan fingerprint density at radius 1 is 1.41 bits per heavy atom. The van der Waals surface area contributed by atoms with E-state index in [1.165, 1.54) is 23.2 Å². The first-order valence-corrected chi connectivity index (χ1v) is 7.95. The molecule has 2 unspecified atom stereocenters. The van der Waals surface area contributed by atoms with Gasteiger partial charge in [0.2, 0.25) is 0 Å². The van der Waals surface area contributed by atoms with Crippen LogP contribution in [0.1, 0.15) is 23.5 Å². The summed E-state index contributed by atoms with van der Waals surface area (Å²) in [5.41, 5.74) is 3.97. The van der Waals surface area contributed by atoms with Gasteiger partial charge in [0.25, 0.3) is 0 Å². The van der Waals surface area contributed by atoms with Crippen molar-refractivity contribution in [3.8, 4) is 0 Å². The third kappa shape index (κ3) is 3.04. The first kappa shape index (κ1) is 15.2. The third-order valence-electron chi connectivity index (χ3n) is 4.73. The first-order valence-electron chi connectivity index (χ1n) is 7.95. The van der Waals surface area contributed by atoms with E-state index in [1.54, 1.807) is 4.90 Å². The van der Waals surface area contributed by atoms with E-state index in [9.17, 15) is 4.79 Å². The average Bonchev–Trinajstić information content (AvgIpc) is 3.03. The molecule has 1 aromatic carbocycles. The van der Waals surface area contributed by atoms with E-state index >= 15 is 0 Å². The van der Waals surface area contributed by atoms with E-state index in [0.717, 1.165) is 19.5 Å². The van der Waals surface area contributed by atoms with Crippen molar-refractivity contribution >= 4 is 11.8 Å². The van der Waals surface area contributed by atoms with Gasteiger partial charge in [-0.15, -0.1) is 0 Å². The minimum Gasteiger partial charge on any atom is -0.447 e. The van der Waals surface area contributed by atoms with E-state index in [4.69, 9.17) is 4.74 Å². The highest BCUT2D eigenvalue weighted by Crippen LogP contribution is 2.34. The van der Waals surface area contributed by atoms with Gasteiger partial charge in [0, 0.05) is 25.2 Å². The molecule has 3 rings (SSSR count). The summed E-state index contributed by atoms with van der Waals surface area (Å²) in [4.78, 5) is 15.4. The number of carbonyl (C=O) groups is 1. The molecule has 2 aliphatic heterocycles. The van der Waals surface area contributed by atoms with Gasteiger partial charge in [0.05, 0.1) is 6.04 Å². The van der Waals surface area contributed by atoms with Gasteiger partial charge in [0.1, 0.15) is 6.61 Å². The molecule has 1 amide bonds. The van der Waals surface area contributed by atoms with Gasteiger partial charge in [-0.3, -0.25) is 0 Å². The number of cyclic esters (lactones) is 1. The molecule has 1 N–H and O–H groups in total. The Morgan fingerprint density at radius 3 is 2.91 bits per heavy atom. The Bertz CT molecular complexity index is 559. The second kappa shape index (κ2) is 6.16. The molecule has 0 radical (unpaired) electrons. The van der Waals surface area contributed by atoms with Crippen LogP contribution in [-0.2, 0) is 11.2 Å². The van der Waals surface area contributed by atoms with E-state index in [2.05, 4.69) is 42.5 Å². The number of ether oxygens (including phenoxy) is 1. The number of amides is 1. The van der Waals surface area contributed by atoms with Crippen molar-refractivity contribution in [2.45, 2.75) is 24.8 Å². The molecule has 5 nitrogen and oxygen atoms in total. The monoisotopic (exact) mass is 303 g/mol. The molecular formula is C17H25N3O2. The molecule has 0 aromatic heterocycles. The first-order chi connectivity index (χ1) is 10.5. The molecule has 22 heavy (non-hydrogen) atoms. The van der Waals surface area contributed by atoms with Crippen LogP contribution in [0.5, 0.6) is 0 Å². The number of rotatable bonds is 5. The lowest BCUT2D eigenvalue weighted by molar-refractivity contribution is 0.163. The molecule has 0 aliphatic carbocycles. The lowest BCUT2D eigenvalue weighted by Crippen LogP contribution is -2.31. The highest BCUT2D eigenvalue weighted by molar-refractivity contribution is 5.69. The summed E-state index contributed by atoms with van der Waals surface area (Å²) >= 11 is 0. The predicted octanol–water partition coefficient (Wildman–Crippen LogP) is 2.14. The molecule has 1 fully saturated rings. The van der Waals surface area contributed by atoms with Crippen LogP contribution in [0.25, 0.3) is 0 Å². The molecule has 2 atom stereocenters. The van der Waals surface area contributed by atoms with Crippen LogP contribution in [0.4, 0.5) is 10.5 Å². The summed E-state index contributed by atoms with van der Waals surface area (Å²) in [5.74, 6) is 0.580. The lowest BCUT2D eigenvalue weighted by Gasteiger charge is -2.18. The SMILES string of the molecule is CN(C)CCC1CNc2ccc(CC3COC(=O)N3C)cc21. The van der Waals surface area contributed by atoms with Crippen LogP contribution in [0.3, 0.4) is 0 Å². The van der Waals surface area contributed by atoms with Crippen LogP contribution < -0.4 is 5.32 Å². The van der Waals surface area contributed by atoms with E-state index in [-0.39, 0.29) is 12.1 Å². The Morgan fingerprint density at radius 2 is 2.23 bits per heavy atom. The van der Waals surface area contributed by atoms with Crippen molar-refractivity contribution in [3.05, 3.63) is 29.3 Å². The zero-order valence-corrected chi connectivity index (χ0v) is 13.6. The summed E-state index contributed by atoms with van der Waals surface area (Å²) in [5, 5.41) is 3.50. The van der Waals surface area contributed by atoms with E-state index in [0.29, 0.717) is 12.5 Å². The number of hydrogen-bond donors (Lipinski definition) is 1. The van der Waals surface area contributed by atoms with Crippen LogP contribution >= 0.6 is 0 Å². The largest absolute Gasteiger partial charge is 0.447 e. The van der Waals surface area contributed by atoms with Crippen molar-refractivity contribution in [3.63, 3.8) is 0 Å². The van der Waals surface area contributed by atoms with E-state index in [1.807, 2.05) is 7.05 Å². The van der Waals surface area contributed by atoms with E-state index < -0.39 is 0 Å². The number of nitrogens with zero attached hydrogens (tertiary/aromatic N) is 2. The second-order valence-electron chi connectivity index (χ2n) is 6.64. The van der Waals surface area contributed by atoms with Crippen molar-refractivity contribution in [1.82, 2.24) is 9.80 Å². The van der Waals surface area contributed by atoms with Gasteiger partial charge in [-0.25, -0.2) is 4.79 Å². The number of anilines is 1. The highest BCUT2D eigenvalue weighted by Gasteiger charge is 2.30. The minimum atomic E-state index is -0.211. The number of fused-ring (bicyclic) bond motifs is 1. The quantitative estimate of drug-likeness (QED) is 0.905. The van der Waals surface area contributed by atoms with Crippen molar-refractivity contribution in [2.24, 2.45) is 0 Å². The molecule has 0 spiro atoms. The Hall–Kier alpha value is -1.75. The van der Waals surface area contributed by atoms with Gasteiger partial charge in [-0.1, -0.05) is 12.1 Å². The lowest BCUT2D eigenvalue weighted by atomic mass is 9.94. The highest BCUT2D eigenvalue weighted by atomic mass is 16.6. The fraction of sp³-hybridized carbons (Fsp3) is 0.588. The maximum Gasteiger partial charge on any atom is 0.409 e. The second-order valence-corrected chi connectivity index (χ2v) is 6.64. The number of benzene rings is 1. The topological polar surface area (TPSA) is 44.8 Å². The van der Waals surface area contributed by atoms with Gasteiger partial charge >= 0.3 is 6.09 Å². The standard InChI is InChI=1S/C17H25N3O2/c1-19(2)7-6-13-10-18-16-5-4-12(9-15(13)16)8-14-11-22-17(21)20(14)3/h4-5,9,13-14,18H,6-8,10-11H2,1-3H3. The van der Waals surface area contributed by atoms with Gasteiger partial charge in [-0.05, 0) is 50.7 Å². The number of likely N-dealkylation sites (N-methyl/N-ethyl adjacent to an activating group) is 1. The minimum absolute atomic E-state index is 0.153. The molecule has 0 saturated carbocycles. The predicted molar refractivity (Wildman–Crippen MR) is 87.4 cm³/mol. The fourth-order valence-corrected chi connectivity index (χ4v) is 3.25. The van der Waals surface area contributed by atoms with Crippen molar-refractivity contribution in [2.75, 3.05) is 46.2 Å². The van der Waals surface area contributed by atoms with Crippen LogP contribution in [0.15, 0.2) is 18.2 Å². The number of carbonyl (C=O) groups excluding carboxylic acids is 1. The smallest absolute Gasteiger partial charge is 0.409 e. The maximum atomic E-state index is 11.5. The summed E-state index contributed by atoms with van der Waals surface area (Å²) in [6.07, 6.45) is 1.81. The van der Waals surface area contributed by atoms with Crippen LogP contribution in [-0.4, -0.2) is 62.8 Å². The number of nitrogens with one attached hydrogen (secondary N) is 1. The molecule has 5 heteroatoms. The summed E-state index contributed by atoms with van der Waals surface area (Å²) in [6.45, 7) is 2.62. The molecule has 120 valence electrons. The number of hydrogen-bond acceptors (Lipinski definition) is 4. The van der Waals surface area contributed by atoms with Crippen LogP contribution in [0, 0.1) is 0 Å². The van der Waals surface area contributed by atoms with Crippen molar-refractivity contribution < 1.29 is 9.53 Å². The molecule has 0 bridgehead atoms. The van der Waals surface area contributed by atoms with Gasteiger partial charge < -0.3 is 19.9 Å². The Balaban J connectivity index is 1.70. The van der Waals surface area contributed by atoms with Gasteiger partial charge in [-0.2, -0.15) is 0 Å². The zero-order valence-electron chi connectivity index (χ0n) is 13.6. The molecule has 2 aliphatic rings. The fourth-order valence-electron chi connectivity index (χ4n) is 3.25.